The number of nitrogens with one attached hydrogen (secondary N) is 1. The maximum Gasteiger partial charge on any atom is 0.174 e. The first-order valence-electron chi connectivity index (χ1n) is 9.51. The Hall–Kier alpha value is -3.26. The van der Waals surface area contributed by atoms with Gasteiger partial charge in [-0.3, -0.25) is 4.40 Å². The van der Waals surface area contributed by atoms with Crippen molar-refractivity contribution in [3.05, 3.63) is 55.2 Å². The van der Waals surface area contributed by atoms with Crippen LogP contribution in [0.1, 0.15) is 25.7 Å². The van der Waals surface area contributed by atoms with Crippen LogP contribution in [-0.2, 0) is 0 Å². The number of imidazole rings is 1. The zero-order valence-electron chi connectivity index (χ0n) is 15.3. The van der Waals surface area contributed by atoms with Gasteiger partial charge in [-0.2, -0.15) is 10.2 Å². The lowest BCUT2D eigenvalue weighted by Gasteiger charge is -2.27. The third kappa shape index (κ3) is 3.22. The number of aliphatic hydroxyl groups excluding tert-OH is 1. The lowest BCUT2D eigenvalue weighted by atomic mass is 9.93. The maximum atomic E-state index is 9.92. The van der Waals surface area contributed by atoms with Crippen LogP contribution < -0.4 is 5.32 Å². The second-order valence-electron chi connectivity index (χ2n) is 7.17. The van der Waals surface area contributed by atoms with Crippen LogP contribution in [-0.4, -0.2) is 46.6 Å². The van der Waals surface area contributed by atoms with Gasteiger partial charge in [-0.1, -0.05) is 0 Å². The molecule has 5 rings (SSSR count). The van der Waals surface area contributed by atoms with Gasteiger partial charge in [0.05, 0.1) is 36.1 Å². The summed E-state index contributed by atoms with van der Waals surface area (Å²) in [6.07, 6.45) is 12.5. The van der Waals surface area contributed by atoms with Crippen molar-refractivity contribution >= 4 is 11.3 Å². The first-order chi connectivity index (χ1) is 13.8. The zero-order valence-corrected chi connectivity index (χ0v) is 15.3. The van der Waals surface area contributed by atoms with Crippen LogP contribution in [0.4, 0.5) is 5.69 Å². The van der Waals surface area contributed by atoms with Crippen LogP contribution >= 0.6 is 0 Å². The summed E-state index contributed by atoms with van der Waals surface area (Å²) in [5, 5.41) is 21.8. The lowest BCUT2D eigenvalue weighted by Crippen LogP contribution is -2.29. The van der Waals surface area contributed by atoms with E-state index in [2.05, 4.69) is 36.1 Å². The van der Waals surface area contributed by atoms with Crippen molar-refractivity contribution in [3.8, 4) is 17.1 Å². The molecule has 0 aromatic carbocycles. The SMILES string of the molecule is OC1CCCC(Nc2ccc3ncc(-c4ccnc(-n5nccn5)c4)n3c2)C1. The average Bonchev–Trinajstić information content (AvgIpc) is 3.38. The molecule has 0 bridgehead atoms. The Labute approximate surface area is 161 Å². The average molecular weight is 375 g/mol. The number of hydrogen-bond donors (Lipinski definition) is 2. The number of aromatic nitrogens is 6. The minimum atomic E-state index is -0.204. The van der Waals surface area contributed by atoms with Gasteiger partial charge in [0.25, 0.3) is 0 Å². The lowest BCUT2D eigenvalue weighted by molar-refractivity contribution is 0.124. The summed E-state index contributed by atoms with van der Waals surface area (Å²) in [6, 6.07) is 8.24. The third-order valence-electron chi connectivity index (χ3n) is 5.19. The van der Waals surface area contributed by atoms with Gasteiger partial charge < -0.3 is 10.4 Å². The summed E-state index contributed by atoms with van der Waals surface area (Å²) in [5.41, 5.74) is 3.85. The molecule has 28 heavy (non-hydrogen) atoms. The fraction of sp³-hybridized carbons (Fsp3) is 0.300. The van der Waals surface area contributed by atoms with Gasteiger partial charge in [-0.05, 0) is 49.9 Å². The number of hydrogen-bond acceptors (Lipinski definition) is 6. The minimum absolute atomic E-state index is 0.204. The molecule has 2 atom stereocenters. The number of aliphatic hydroxyl groups is 1. The summed E-state index contributed by atoms with van der Waals surface area (Å²) < 4.78 is 2.07. The van der Waals surface area contributed by atoms with E-state index in [4.69, 9.17) is 0 Å². The maximum absolute atomic E-state index is 9.92. The Morgan fingerprint density at radius 1 is 1.04 bits per heavy atom. The molecule has 2 unspecified atom stereocenters. The first-order valence-corrected chi connectivity index (χ1v) is 9.51. The fourth-order valence-electron chi connectivity index (χ4n) is 3.83. The van der Waals surface area contributed by atoms with Crippen molar-refractivity contribution in [2.45, 2.75) is 37.8 Å². The van der Waals surface area contributed by atoms with E-state index < -0.39 is 0 Å². The molecule has 0 amide bonds. The van der Waals surface area contributed by atoms with Crippen LogP contribution in [0.2, 0.25) is 0 Å². The highest BCUT2D eigenvalue weighted by molar-refractivity contribution is 5.66. The summed E-state index contributed by atoms with van der Waals surface area (Å²) in [4.78, 5) is 10.4. The third-order valence-corrected chi connectivity index (χ3v) is 5.19. The zero-order chi connectivity index (χ0) is 18.9. The standard InChI is InChI=1S/C20H21N7O/c28-17-3-1-2-15(11-17)25-16-4-5-19-22-12-18(26(19)13-16)14-6-7-21-20(10-14)27-23-8-9-24-27/h4-10,12-13,15,17,25,28H,1-3,11H2. The van der Waals surface area contributed by atoms with Crippen molar-refractivity contribution in [1.29, 1.82) is 0 Å². The van der Waals surface area contributed by atoms with E-state index in [1.807, 2.05) is 30.5 Å². The molecule has 8 nitrogen and oxygen atoms in total. The topological polar surface area (TPSA) is 93.2 Å². The number of nitrogens with zero attached hydrogens (tertiary/aromatic N) is 6. The van der Waals surface area contributed by atoms with E-state index in [9.17, 15) is 5.11 Å². The highest BCUT2D eigenvalue weighted by Crippen LogP contribution is 2.26. The van der Waals surface area contributed by atoms with Gasteiger partial charge in [0.2, 0.25) is 0 Å². The van der Waals surface area contributed by atoms with Crippen molar-refractivity contribution in [3.63, 3.8) is 0 Å². The minimum Gasteiger partial charge on any atom is -0.393 e. The predicted octanol–water partition coefficient (Wildman–Crippen LogP) is 2.69. The molecule has 4 aromatic heterocycles. The summed E-state index contributed by atoms with van der Waals surface area (Å²) in [5.74, 6) is 0.655. The Bertz CT molecular complexity index is 1090. The van der Waals surface area contributed by atoms with Crippen LogP contribution in [0, 0.1) is 0 Å². The molecule has 0 radical (unpaired) electrons. The molecule has 1 aliphatic rings. The van der Waals surface area contributed by atoms with Crippen molar-refractivity contribution in [2.75, 3.05) is 5.32 Å². The van der Waals surface area contributed by atoms with Gasteiger partial charge in [0.15, 0.2) is 5.82 Å². The molecule has 0 spiro atoms. The Balaban J connectivity index is 1.48. The van der Waals surface area contributed by atoms with Crippen molar-refractivity contribution < 1.29 is 5.11 Å². The van der Waals surface area contributed by atoms with Gasteiger partial charge >= 0.3 is 0 Å². The molecule has 4 heterocycles. The number of rotatable bonds is 4. The molecular weight excluding hydrogens is 354 g/mol. The molecule has 8 heteroatoms. The second kappa shape index (κ2) is 7.05. The highest BCUT2D eigenvalue weighted by atomic mass is 16.3. The Morgan fingerprint density at radius 3 is 2.79 bits per heavy atom. The number of fused-ring (bicyclic) bond motifs is 1. The molecule has 1 saturated carbocycles. The monoisotopic (exact) mass is 375 g/mol. The van der Waals surface area contributed by atoms with Gasteiger partial charge in [0, 0.05) is 24.0 Å². The Kier molecular flexibility index (Phi) is 4.25. The molecule has 4 aromatic rings. The quantitative estimate of drug-likeness (QED) is 0.570. The normalized spacial score (nSPS) is 19.8. The van der Waals surface area contributed by atoms with Gasteiger partial charge in [-0.25, -0.2) is 9.97 Å². The van der Waals surface area contributed by atoms with E-state index in [1.54, 1.807) is 18.6 Å². The number of pyridine rings is 2. The fourth-order valence-corrected chi connectivity index (χ4v) is 3.83. The van der Waals surface area contributed by atoms with Crippen LogP contribution in [0.15, 0.2) is 55.2 Å². The second-order valence-corrected chi connectivity index (χ2v) is 7.17. The molecular formula is C20H21N7O. The van der Waals surface area contributed by atoms with Gasteiger partial charge in [-0.15, -0.1) is 4.80 Å². The van der Waals surface area contributed by atoms with Crippen LogP contribution in [0.3, 0.4) is 0 Å². The molecule has 1 aliphatic carbocycles. The molecule has 142 valence electrons. The van der Waals surface area contributed by atoms with E-state index in [0.29, 0.717) is 11.9 Å². The molecule has 0 aliphatic heterocycles. The smallest absolute Gasteiger partial charge is 0.174 e. The van der Waals surface area contributed by atoms with E-state index in [1.165, 1.54) is 4.80 Å². The first kappa shape index (κ1) is 16.9. The molecule has 0 saturated heterocycles. The molecule has 1 fully saturated rings. The number of anilines is 1. The van der Waals surface area contributed by atoms with E-state index >= 15 is 0 Å². The largest absolute Gasteiger partial charge is 0.393 e. The summed E-state index contributed by atoms with van der Waals surface area (Å²) in [7, 11) is 0. The van der Waals surface area contributed by atoms with Crippen LogP contribution in [0.5, 0.6) is 0 Å². The van der Waals surface area contributed by atoms with Gasteiger partial charge in [0.1, 0.15) is 5.65 Å². The summed E-state index contributed by atoms with van der Waals surface area (Å²) >= 11 is 0. The van der Waals surface area contributed by atoms with E-state index in [0.717, 1.165) is 48.3 Å². The Morgan fingerprint density at radius 2 is 1.93 bits per heavy atom. The predicted molar refractivity (Wildman–Crippen MR) is 105 cm³/mol. The van der Waals surface area contributed by atoms with Crippen molar-refractivity contribution in [2.24, 2.45) is 0 Å². The highest BCUT2D eigenvalue weighted by Gasteiger charge is 2.20. The van der Waals surface area contributed by atoms with E-state index in [-0.39, 0.29) is 6.10 Å². The summed E-state index contributed by atoms with van der Waals surface area (Å²) in [6.45, 7) is 0. The van der Waals surface area contributed by atoms with Crippen molar-refractivity contribution in [1.82, 2.24) is 29.4 Å². The van der Waals surface area contributed by atoms with Crippen LogP contribution in [0.25, 0.3) is 22.7 Å². The molecule has 2 N–H and O–H groups in total.